The Morgan fingerprint density at radius 1 is 1.05 bits per heavy atom. The molecule has 2 rings (SSSR count). The van der Waals surface area contributed by atoms with Crippen LogP contribution in [0.15, 0.2) is 36.4 Å². The van der Waals surface area contributed by atoms with Crippen LogP contribution >= 0.6 is 0 Å². The minimum atomic E-state index is -0.630. The molecule has 0 amide bonds. The fourth-order valence-electron chi connectivity index (χ4n) is 1.88. The number of hydrogen-bond acceptors (Lipinski definition) is 2. The van der Waals surface area contributed by atoms with Crippen LogP contribution in [0.3, 0.4) is 0 Å². The third-order valence-electron chi connectivity index (χ3n) is 2.75. The van der Waals surface area contributed by atoms with Gasteiger partial charge in [0.1, 0.15) is 17.4 Å². The van der Waals surface area contributed by atoms with E-state index in [0.717, 1.165) is 11.6 Å². The highest BCUT2D eigenvalue weighted by Crippen LogP contribution is 2.28. The molecule has 0 N–H and O–H groups in total. The summed E-state index contributed by atoms with van der Waals surface area (Å²) in [5, 5.41) is 8.69. The summed E-state index contributed by atoms with van der Waals surface area (Å²) in [6, 6.07) is 10.5. The Morgan fingerprint density at radius 3 is 2.32 bits per heavy atom. The van der Waals surface area contributed by atoms with Crippen molar-refractivity contribution >= 4 is 0 Å². The molecule has 4 heteroatoms. The molecule has 0 fully saturated rings. The van der Waals surface area contributed by atoms with E-state index in [9.17, 15) is 8.78 Å². The van der Waals surface area contributed by atoms with E-state index >= 15 is 0 Å². The zero-order valence-electron chi connectivity index (χ0n) is 10.3. The minimum Gasteiger partial charge on any atom is -0.496 e. The van der Waals surface area contributed by atoms with Crippen LogP contribution in [0.1, 0.15) is 5.56 Å². The Labute approximate surface area is 109 Å². The van der Waals surface area contributed by atoms with Crippen molar-refractivity contribution in [3.63, 3.8) is 0 Å². The van der Waals surface area contributed by atoms with Gasteiger partial charge < -0.3 is 4.74 Å². The van der Waals surface area contributed by atoms with Crippen molar-refractivity contribution in [3.05, 3.63) is 53.6 Å². The third kappa shape index (κ3) is 2.89. The molecule has 2 aromatic carbocycles. The van der Waals surface area contributed by atoms with Crippen LogP contribution in [-0.2, 0) is 6.42 Å². The predicted octanol–water partition coefficient (Wildman–Crippen LogP) is 3.71. The lowest BCUT2D eigenvalue weighted by Gasteiger charge is -2.09. The van der Waals surface area contributed by atoms with E-state index in [4.69, 9.17) is 10.00 Å². The van der Waals surface area contributed by atoms with Crippen molar-refractivity contribution in [2.24, 2.45) is 0 Å². The van der Waals surface area contributed by atoms with Gasteiger partial charge in [-0.3, -0.25) is 0 Å². The summed E-state index contributed by atoms with van der Waals surface area (Å²) in [7, 11) is 1.49. The summed E-state index contributed by atoms with van der Waals surface area (Å²) >= 11 is 0. The molecule has 2 nitrogen and oxygen atoms in total. The van der Waals surface area contributed by atoms with Crippen LogP contribution in [-0.4, -0.2) is 7.11 Å². The lowest BCUT2D eigenvalue weighted by Crippen LogP contribution is -1.92. The summed E-state index contributed by atoms with van der Waals surface area (Å²) in [6.07, 6.45) is 0.223. The number of halogens is 2. The van der Waals surface area contributed by atoms with Crippen molar-refractivity contribution in [1.82, 2.24) is 0 Å². The lowest BCUT2D eigenvalue weighted by atomic mass is 10.0. The smallest absolute Gasteiger partial charge is 0.126 e. The molecular formula is C15H11F2NO. The first-order valence-corrected chi connectivity index (χ1v) is 5.64. The molecule has 0 unspecified atom stereocenters. The molecule has 0 aromatic heterocycles. The van der Waals surface area contributed by atoms with Crippen LogP contribution in [0, 0.1) is 23.0 Å². The Hall–Kier alpha value is -2.41. The number of rotatable bonds is 3. The molecule has 0 aliphatic heterocycles. The number of methoxy groups -OCH3 is 1. The predicted molar refractivity (Wildman–Crippen MR) is 67.7 cm³/mol. The maximum Gasteiger partial charge on any atom is 0.126 e. The second-order valence-corrected chi connectivity index (χ2v) is 4.02. The van der Waals surface area contributed by atoms with E-state index in [1.54, 1.807) is 18.2 Å². The number of hydrogen-bond donors (Lipinski definition) is 0. The summed E-state index contributed by atoms with van der Waals surface area (Å²) < 4.78 is 31.5. The quantitative estimate of drug-likeness (QED) is 0.841. The molecule has 0 aliphatic rings. The van der Waals surface area contributed by atoms with Gasteiger partial charge in [-0.1, -0.05) is 12.1 Å². The number of benzene rings is 2. The molecule has 0 atom stereocenters. The van der Waals surface area contributed by atoms with Crippen LogP contribution in [0.2, 0.25) is 0 Å². The Kier molecular flexibility index (Phi) is 3.76. The minimum absolute atomic E-state index is 0.223. The van der Waals surface area contributed by atoms with Gasteiger partial charge in [0, 0.05) is 11.6 Å². The van der Waals surface area contributed by atoms with E-state index in [2.05, 4.69) is 0 Å². The largest absolute Gasteiger partial charge is 0.496 e. The molecule has 0 spiro atoms. The first kappa shape index (κ1) is 13.0. The number of nitrogens with zero attached hydrogens (tertiary/aromatic N) is 1. The summed E-state index contributed by atoms with van der Waals surface area (Å²) in [5.41, 5.74) is 1.81. The summed E-state index contributed by atoms with van der Waals surface area (Å²) in [4.78, 5) is 0. The maximum atomic E-state index is 13.2. The first-order chi connectivity index (χ1) is 9.13. The van der Waals surface area contributed by atoms with Crippen molar-refractivity contribution in [2.75, 3.05) is 7.11 Å². The normalized spacial score (nSPS) is 10.0. The van der Waals surface area contributed by atoms with E-state index < -0.39 is 11.6 Å². The molecule has 96 valence electrons. The van der Waals surface area contributed by atoms with Crippen molar-refractivity contribution < 1.29 is 13.5 Å². The van der Waals surface area contributed by atoms with Gasteiger partial charge in [0.15, 0.2) is 0 Å². The van der Waals surface area contributed by atoms with Gasteiger partial charge in [-0.2, -0.15) is 5.26 Å². The molecular weight excluding hydrogens is 248 g/mol. The van der Waals surface area contributed by atoms with Crippen LogP contribution < -0.4 is 4.74 Å². The molecule has 19 heavy (non-hydrogen) atoms. The zero-order valence-corrected chi connectivity index (χ0v) is 10.3. The summed E-state index contributed by atoms with van der Waals surface area (Å²) in [6.45, 7) is 0. The van der Waals surface area contributed by atoms with E-state index in [0.29, 0.717) is 16.9 Å². The van der Waals surface area contributed by atoms with Crippen molar-refractivity contribution in [3.8, 4) is 22.9 Å². The van der Waals surface area contributed by atoms with Crippen molar-refractivity contribution in [1.29, 1.82) is 5.26 Å². The van der Waals surface area contributed by atoms with Gasteiger partial charge >= 0.3 is 0 Å². The van der Waals surface area contributed by atoms with E-state index in [-0.39, 0.29) is 6.42 Å². The maximum absolute atomic E-state index is 13.2. The van der Waals surface area contributed by atoms with Crippen LogP contribution in [0.4, 0.5) is 8.78 Å². The molecule has 2 aromatic rings. The molecule has 0 saturated carbocycles. The Balaban J connectivity index is 2.48. The molecule has 0 bridgehead atoms. The third-order valence-corrected chi connectivity index (χ3v) is 2.75. The second kappa shape index (κ2) is 5.49. The van der Waals surface area contributed by atoms with Gasteiger partial charge in [0.2, 0.25) is 0 Å². The molecule has 0 aliphatic carbocycles. The molecule has 0 heterocycles. The average molecular weight is 259 g/mol. The lowest BCUT2D eigenvalue weighted by molar-refractivity contribution is 0.411. The number of nitriles is 1. The van der Waals surface area contributed by atoms with Crippen molar-refractivity contribution in [2.45, 2.75) is 6.42 Å². The monoisotopic (exact) mass is 259 g/mol. The highest BCUT2D eigenvalue weighted by Gasteiger charge is 2.08. The van der Waals surface area contributed by atoms with Crippen LogP contribution in [0.5, 0.6) is 5.75 Å². The second-order valence-electron chi connectivity index (χ2n) is 4.02. The highest BCUT2D eigenvalue weighted by atomic mass is 19.1. The summed E-state index contributed by atoms with van der Waals surface area (Å²) in [5.74, 6) is -0.728. The molecule has 0 saturated heterocycles. The Morgan fingerprint density at radius 2 is 1.74 bits per heavy atom. The van der Waals surface area contributed by atoms with E-state index in [1.165, 1.54) is 19.2 Å². The van der Waals surface area contributed by atoms with Gasteiger partial charge in [-0.05, 0) is 29.3 Å². The zero-order chi connectivity index (χ0) is 13.8. The van der Waals surface area contributed by atoms with Gasteiger partial charge in [-0.25, -0.2) is 8.78 Å². The van der Waals surface area contributed by atoms with E-state index in [1.807, 2.05) is 6.07 Å². The first-order valence-electron chi connectivity index (χ1n) is 5.64. The van der Waals surface area contributed by atoms with Crippen LogP contribution in [0.25, 0.3) is 11.1 Å². The standard InChI is InChI=1S/C15H11F2NO/c1-19-15-8-11(3-2-10(15)4-5-18)12-6-13(16)9-14(17)7-12/h2-3,6-9H,4H2,1H3. The highest BCUT2D eigenvalue weighted by molar-refractivity contribution is 5.66. The topological polar surface area (TPSA) is 33.0 Å². The van der Waals surface area contributed by atoms with Gasteiger partial charge in [-0.15, -0.1) is 0 Å². The SMILES string of the molecule is COc1cc(-c2cc(F)cc(F)c2)ccc1CC#N. The fourth-order valence-corrected chi connectivity index (χ4v) is 1.88. The molecule has 0 radical (unpaired) electrons. The Bertz CT molecular complexity index is 627. The number of ether oxygens (including phenoxy) is 1. The van der Waals surface area contributed by atoms with Gasteiger partial charge in [0.05, 0.1) is 19.6 Å². The van der Waals surface area contributed by atoms with Gasteiger partial charge in [0.25, 0.3) is 0 Å². The average Bonchev–Trinajstić information content (AvgIpc) is 2.38. The fraction of sp³-hybridized carbons (Fsp3) is 0.133.